The molecule has 2 N–H and O–H groups in total. The normalized spacial score (nSPS) is 10.8. The molecule has 0 aromatic carbocycles. The minimum absolute atomic E-state index is 0.0556. The highest BCUT2D eigenvalue weighted by Gasteiger charge is 2.01. The fourth-order valence-electron chi connectivity index (χ4n) is 2.07. The average Bonchev–Trinajstić information content (AvgIpc) is 2.68. The first-order chi connectivity index (χ1) is 12.6. The van der Waals surface area contributed by atoms with Gasteiger partial charge in [-0.1, -0.05) is 70.8 Å². The molecule has 0 saturated carbocycles. The van der Waals surface area contributed by atoms with Gasteiger partial charge in [0.25, 0.3) is 0 Å². The van der Waals surface area contributed by atoms with Crippen molar-refractivity contribution in [1.29, 1.82) is 0 Å². The number of aliphatic hydroxyl groups excluding tert-OH is 1. The number of hydrogen-bond acceptors (Lipinski definition) is 3. The molecular formula is C22H41NO3. The number of hydrogen-bond donors (Lipinski definition) is 2. The first kappa shape index (κ1) is 29.1. The molecule has 0 atom stereocenters. The summed E-state index contributed by atoms with van der Waals surface area (Å²) in [7, 11) is 1.00. The van der Waals surface area contributed by atoms with Gasteiger partial charge >= 0.3 is 0 Å². The Morgan fingerprint density at radius 2 is 1.58 bits per heavy atom. The van der Waals surface area contributed by atoms with Crippen molar-refractivity contribution in [2.45, 2.75) is 79.6 Å². The third-order valence-electron chi connectivity index (χ3n) is 3.36. The quantitative estimate of drug-likeness (QED) is 0.285. The number of rotatable bonds is 12. The summed E-state index contributed by atoms with van der Waals surface area (Å²) in [6.45, 7) is 10.5. The molecule has 0 rings (SSSR count). The molecular weight excluding hydrogens is 326 g/mol. The summed E-state index contributed by atoms with van der Waals surface area (Å²) < 4.78 is 0. The van der Waals surface area contributed by atoms with Crippen LogP contribution in [0.5, 0.6) is 0 Å². The Balaban J connectivity index is -0.00000123. The van der Waals surface area contributed by atoms with E-state index in [4.69, 9.17) is 5.11 Å². The molecule has 0 unspecified atom stereocenters. The molecule has 0 aliphatic carbocycles. The molecule has 0 bridgehead atoms. The van der Waals surface area contributed by atoms with Gasteiger partial charge in [-0.2, -0.15) is 0 Å². The number of unbranched alkanes of at least 4 members (excludes halogenated alkanes) is 4. The molecule has 152 valence electrons. The predicted molar refractivity (Wildman–Crippen MR) is 113 cm³/mol. The van der Waals surface area contributed by atoms with Gasteiger partial charge in [-0.15, -0.1) is 0 Å². The van der Waals surface area contributed by atoms with Crippen molar-refractivity contribution in [3.05, 3.63) is 36.0 Å². The van der Waals surface area contributed by atoms with Crippen molar-refractivity contribution in [2.75, 3.05) is 13.7 Å². The number of nitrogens with one attached hydrogen (secondary N) is 1. The van der Waals surface area contributed by atoms with Crippen molar-refractivity contribution >= 4 is 11.7 Å². The number of aliphatic hydroxyl groups is 1. The van der Waals surface area contributed by atoms with Crippen LogP contribution in [-0.2, 0) is 9.59 Å². The molecule has 0 radical (unpaired) electrons. The molecule has 0 spiro atoms. The lowest BCUT2D eigenvalue weighted by atomic mass is 10.1. The Morgan fingerprint density at radius 3 is 2.12 bits per heavy atom. The van der Waals surface area contributed by atoms with E-state index >= 15 is 0 Å². The first-order valence-electron chi connectivity index (χ1n) is 9.82. The van der Waals surface area contributed by atoms with Gasteiger partial charge in [-0.05, 0) is 31.9 Å². The average molecular weight is 368 g/mol. The summed E-state index contributed by atoms with van der Waals surface area (Å²) in [6, 6.07) is 0. The van der Waals surface area contributed by atoms with Crippen molar-refractivity contribution < 1.29 is 14.7 Å². The lowest BCUT2D eigenvalue weighted by Crippen LogP contribution is -2.22. The molecule has 4 nitrogen and oxygen atoms in total. The first-order valence-corrected chi connectivity index (χ1v) is 9.82. The van der Waals surface area contributed by atoms with Crippen molar-refractivity contribution in [1.82, 2.24) is 5.32 Å². The zero-order valence-corrected chi connectivity index (χ0v) is 17.8. The van der Waals surface area contributed by atoms with Crippen LogP contribution < -0.4 is 5.32 Å². The lowest BCUT2D eigenvalue weighted by molar-refractivity contribution is -0.121. The van der Waals surface area contributed by atoms with Gasteiger partial charge in [0.1, 0.15) is 0 Å². The van der Waals surface area contributed by atoms with Crippen molar-refractivity contribution in [2.24, 2.45) is 0 Å². The Bertz CT molecular complexity index is 410. The van der Waals surface area contributed by atoms with E-state index in [2.05, 4.69) is 12.2 Å². The van der Waals surface area contributed by atoms with Crippen LogP contribution in [-0.4, -0.2) is 30.5 Å². The summed E-state index contributed by atoms with van der Waals surface area (Å²) >= 11 is 0. The second kappa shape index (κ2) is 25.6. The molecule has 4 heteroatoms. The monoisotopic (exact) mass is 367 g/mol. The van der Waals surface area contributed by atoms with E-state index in [9.17, 15) is 9.59 Å². The fraction of sp³-hybridized carbons (Fsp3) is 0.636. The lowest BCUT2D eigenvalue weighted by Gasteiger charge is -2.02. The maximum absolute atomic E-state index is 11.7. The van der Waals surface area contributed by atoms with E-state index in [0.29, 0.717) is 19.4 Å². The third-order valence-corrected chi connectivity index (χ3v) is 3.36. The van der Waals surface area contributed by atoms with Crippen LogP contribution >= 0.6 is 0 Å². The molecule has 0 fully saturated rings. The molecule has 0 heterocycles. The second-order valence-corrected chi connectivity index (χ2v) is 5.38. The van der Waals surface area contributed by atoms with Gasteiger partial charge in [-0.25, -0.2) is 0 Å². The topological polar surface area (TPSA) is 66.4 Å². The number of amides is 1. The molecule has 0 aromatic heterocycles. The zero-order chi connectivity index (χ0) is 20.6. The standard InChI is InChI=1S/C19H31NO2.C2H6.CH4O/c1-4-7-8-9-10-14-19(22)20-15-11-13-18(21)16-17(6-3)12-5-2;2*1-2/h5-6,11-13H,4,7-10,14-16H2,1-3H3,(H,20,22);1-2H3;2H,1H3/b12-5-,13-11-,17-6+;;. The Labute approximate surface area is 161 Å². The van der Waals surface area contributed by atoms with Crippen LogP contribution in [0.15, 0.2) is 36.0 Å². The minimum atomic E-state index is 0.0556. The zero-order valence-electron chi connectivity index (χ0n) is 17.8. The number of carbonyl (C=O) groups excluding carboxylic acids is 2. The van der Waals surface area contributed by atoms with Crippen LogP contribution in [0.4, 0.5) is 0 Å². The van der Waals surface area contributed by atoms with E-state index in [-0.39, 0.29) is 11.7 Å². The van der Waals surface area contributed by atoms with Gasteiger partial charge in [-0.3, -0.25) is 9.59 Å². The Kier molecular flexibility index (Phi) is 28.6. The second-order valence-electron chi connectivity index (χ2n) is 5.38. The molecule has 0 saturated heterocycles. The molecule has 26 heavy (non-hydrogen) atoms. The highest BCUT2D eigenvalue weighted by molar-refractivity contribution is 5.91. The predicted octanol–water partition coefficient (Wildman–Crippen LogP) is 5.14. The number of ketones is 1. The summed E-state index contributed by atoms with van der Waals surface area (Å²) in [5.41, 5.74) is 1.01. The number of carbonyl (C=O) groups is 2. The van der Waals surface area contributed by atoms with Gasteiger partial charge in [0.2, 0.25) is 5.91 Å². The Morgan fingerprint density at radius 1 is 0.962 bits per heavy atom. The minimum Gasteiger partial charge on any atom is -0.400 e. The van der Waals surface area contributed by atoms with Gasteiger partial charge in [0.05, 0.1) is 0 Å². The van der Waals surface area contributed by atoms with E-state index in [0.717, 1.165) is 25.5 Å². The van der Waals surface area contributed by atoms with Crippen LogP contribution in [0.2, 0.25) is 0 Å². The van der Waals surface area contributed by atoms with Crippen LogP contribution in [0.25, 0.3) is 0 Å². The van der Waals surface area contributed by atoms with Gasteiger partial charge in [0, 0.05) is 26.5 Å². The van der Waals surface area contributed by atoms with E-state index in [1.54, 1.807) is 12.2 Å². The maximum Gasteiger partial charge on any atom is 0.220 e. The Hall–Kier alpha value is -1.68. The smallest absolute Gasteiger partial charge is 0.220 e. The van der Waals surface area contributed by atoms with Crippen LogP contribution in [0.1, 0.15) is 79.6 Å². The third kappa shape index (κ3) is 22.3. The molecule has 0 aliphatic heterocycles. The van der Waals surface area contributed by atoms with Crippen molar-refractivity contribution in [3.8, 4) is 0 Å². The fourth-order valence-corrected chi connectivity index (χ4v) is 2.07. The summed E-state index contributed by atoms with van der Waals surface area (Å²) in [4.78, 5) is 23.3. The summed E-state index contributed by atoms with van der Waals surface area (Å²) in [6.07, 6.45) is 15.8. The number of allylic oxidation sites excluding steroid dienone is 5. The van der Waals surface area contributed by atoms with E-state index in [1.807, 2.05) is 45.9 Å². The van der Waals surface area contributed by atoms with E-state index < -0.39 is 0 Å². The van der Waals surface area contributed by atoms with Crippen LogP contribution in [0.3, 0.4) is 0 Å². The molecule has 0 aliphatic rings. The van der Waals surface area contributed by atoms with Gasteiger partial charge in [0.15, 0.2) is 5.78 Å². The van der Waals surface area contributed by atoms with Crippen molar-refractivity contribution in [3.63, 3.8) is 0 Å². The van der Waals surface area contributed by atoms with Crippen LogP contribution in [0, 0.1) is 0 Å². The molecule has 0 aromatic rings. The maximum atomic E-state index is 11.7. The highest BCUT2D eigenvalue weighted by Crippen LogP contribution is 2.05. The molecule has 1 amide bonds. The van der Waals surface area contributed by atoms with Gasteiger partial charge < -0.3 is 10.4 Å². The SMILES string of the molecule is C/C=C\C(=C/C)CC(=O)/C=C\CNC(=O)CCCCCCC.CC.CO. The summed E-state index contributed by atoms with van der Waals surface area (Å²) in [5.74, 6) is 0.122. The highest BCUT2D eigenvalue weighted by atomic mass is 16.2. The van der Waals surface area contributed by atoms with E-state index in [1.165, 1.54) is 19.3 Å². The largest absolute Gasteiger partial charge is 0.400 e. The summed E-state index contributed by atoms with van der Waals surface area (Å²) in [5, 5.41) is 9.81.